The third-order valence-corrected chi connectivity index (χ3v) is 5.46. The van der Waals surface area contributed by atoms with Gasteiger partial charge in [-0.05, 0) is 50.4 Å². The Hall–Kier alpha value is -2.37. The highest BCUT2D eigenvalue weighted by molar-refractivity contribution is 5.85. The minimum atomic E-state index is -0.282. The van der Waals surface area contributed by atoms with E-state index in [9.17, 15) is 4.79 Å². The first-order valence-electron chi connectivity index (χ1n) is 9.04. The van der Waals surface area contributed by atoms with Crippen molar-refractivity contribution >= 4 is 11.9 Å². The molecule has 2 aromatic rings. The fraction of sp³-hybridized carbons (Fsp3) is 0.526. The van der Waals surface area contributed by atoms with Gasteiger partial charge in [-0.2, -0.15) is 4.98 Å². The molecule has 132 valence electrons. The normalized spacial score (nSPS) is 23.9. The van der Waals surface area contributed by atoms with Crippen LogP contribution in [0.4, 0.5) is 5.95 Å². The maximum absolute atomic E-state index is 13.0. The third kappa shape index (κ3) is 2.79. The molecule has 25 heavy (non-hydrogen) atoms. The van der Waals surface area contributed by atoms with E-state index in [4.69, 9.17) is 4.52 Å². The van der Waals surface area contributed by atoms with Gasteiger partial charge in [0.1, 0.15) is 0 Å². The molecule has 0 N–H and O–H groups in total. The molecule has 1 amide bonds. The van der Waals surface area contributed by atoms with Gasteiger partial charge in [0.15, 0.2) is 0 Å². The molecule has 2 saturated heterocycles. The van der Waals surface area contributed by atoms with Gasteiger partial charge in [0, 0.05) is 31.2 Å². The van der Waals surface area contributed by atoms with Crippen molar-refractivity contribution in [2.75, 3.05) is 24.5 Å². The summed E-state index contributed by atoms with van der Waals surface area (Å²) in [6.45, 7) is 6.54. The van der Waals surface area contributed by atoms with Crippen molar-refractivity contribution in [3.05, 3.63) is 30.3 Å². The lowest BCUT2D eigenvalue weighted by Crippen LogP contribution is -2.52. The zero-order chi connectivity index (χ0) is 17.4. The van der Waals surface area contributed by atoms with Crippen LogP contribution in [0.3, 0.4) is 0 Å². The van der Waals surface area contributed by atoms with E-state index in [0.29, 0.717) is 24.3 Å². The first-order chi connectivity index (χ1) is 12.1. The average Bonchev–Trinajstić information content (AvgIpc) is 3.26. The fourth-order valence-electron chi connectivity index (χ4n) is 4.06. The number of likely N-dealkylation sites (tertiary alicyclic amines) is 1. The van der Waals surface area contributed by atoms with Crippen molar-refractivity contribution in [1.29, 1.82) is 0 Å². The lowest BCUT2D eigenvalue weighted by Gasteiger charge is -2.41. The minimum Gasteiger partial charge on any atom is -0.340 e. The molecule has 0 aliphatic carbocycles. The first-order valence-corrected chi connectivity index (χ1v) is 9.04. The average molecular weight is 340 g/mol. The van der Waals surface area contributed by atoms with E-state index in [1.54, 1.807) is 0 Å². The molecule has 4 rings (SSSR count). The molecule has 0 radical (unpaired) electrons. The number of carbonyl (C=O) groups is 1. The van der Waals surface area contributed by atoms with Gasteiger partial charge in [-0.1, -0.05) is 18.2 Å². The van der Waals surface area contributed by atoms with Gasteiger partial charge < -0.3 is 14.3 Å². The number of piperidine rings is 1. The molecule has 0 saturated carbocycles. The number of nitrogens with zero attached hydrogens (tertiary/aromatic N) is 4. The minimum absolute atomic E-state index is 0.258. The lowest BCUT2D eigenvalue weighted by molar-refractivity contribution is -0.147. The first kappa shape index (κ1) is 16.1. The van der Waals surface area contributed by atoms with Crippen molar-refractivity contribution in [3.63, 3.8) is 0 Å². The van der Waals surface area contributed by atoms with Gasteiger partial charge in [-0.25, -0.2) is 0 Å². The SMILES string of the molecule is CC(C)N1CCC[C@]2(CCN(c3noc(-c4ccccc4)n3)C2)C1=O. The highest BCUT2D eigenvalue weighted by Gasteiger charge is 2.49. The molecule has 3 heterocycles. The van der Waals surface area contributed by atoms with Crippen LogP contribution in [0.2, 0.25) is 0 Å². The summed E-state index contributed by atoms with van der Waals surface area (Å²) in [4.78, 5) is 21.7. The van der Waals surface area contributed by atoms with Crippen LogP contribution in [0, 0.1) is 5.41 Å². The van der Waals surface area contributed by atoms with Crippen LogP contribution in [0.5, 0.6) is 0 Å². The summed E-state index contributed by atoms with van der Waals surface area (Å²) < 4.78 is 5.43. The van der Waals surface area contributed by atoms with Gasteiger partial charge in [-0.3, -0.25) is 4.79 Å². The number of hydrogen-bond acceptors (Lipinski definition) is 5. The summed E-state index contributed by atoms with van der Waals surface area (Å²) in [5, 5.41) is 4.15. The number of carbonyl (C=O) groups excluding carboxylic acids is 1. The van der Waals surface area contributed by atoms with Crippen LogP contribution in [-0.2, 0) is 4.79 Å². The molecule has 0 bridgehead atoms. The Bertz CT molecular complexity index is 758. The Morgan fingerprint density at radius 3 is 2.72 bits per heavy atom. The molecule has 1 aromatic heterocycles. The number of amides is 1. The zero-order valence-electron chi connectivity index (χ0n) is 14.8. The second-order valence-electron chi connectivity index (χ2n) is 7.41. The standard InChI is InChI=1S/C19H24N4O2/c1-14(2)23-11-6-9-19(17(23)24)10-12-22(13-19)18-20-16(25-21-18)15-7-4-3-5-8-15/h3-5,7-8,14H,6,9-13H2,1-2H3/t19-/m1/s1. The zero-order valence-corrected chi connectivity index (χ0v) is 14.8. The largest absolute Gasteiger partial charge is 0.340 e. The van der Waals surface area contributed by atoms with Crippen LogP contribution in [0.25, 0.3) is 11.5 Å². The van der Waals surface area contributed by atoms with Gasteiger partial charge in [0.2, 0.25) is 5.91 Å². The van der Waals surface area contributed by atoms with E-state index >= 15 is 0 Å². The number of anilines is 1. The topological polar surface area (TPSA) is 62.5 Å². The van der Waals surface area contributed by atoms with Crippen LogP contribution < -0.4 is 4.90 Å². The van der Waals surface area contributed by atoms with Gasteiger partial charge in [0.05, 0.1) is 5.41 Å². The summed E-state index contributed by atoms with van der Waals surface area (Å²) >= 11 is 0. The van der Waals surface area contributed by atoms with Crippen molar-refractivity contribution in [3.8, 4) is 11.5 Å². The van der Waals surface area contributed by atoms with Crippen LogP contribution in [-0.4, -0.2) is 46.6 Å². The molecular formula is C19H24N4O2. The van der Waals surface area contributed by atoms with Crippen LogP contribution in [0.1, 0.15) is 33.1 Å². The van der Waals surface area contributed by atoms with Gasteiger partial charge >= 0.3 is 0 Å². The molecule has 2 aliphatic heterocycles. The summed E-state index contributed by atoms with van der Waals surface area (Å²) in [6, 6.07) is 10.0. The smallest absolute Gasteiger partial charge is 0.266 e. The monoisotopic (exact) mass is 340 g/mol. The molecule has 6 nitrogen and oxygen atoms in total. The summed E-state index contributed by atoms with van der Waals surface area (Å²) in [7, 11) is 0. The Labute approximate surface area is 147 Å². The third-order valence-electron chi connectivity index (χ3n) is 5.46. The molecule has 2 fully saturated rings. The number of aromatic nitrogens is 2. The predicted octanol–water partition coefficient (Wildman–Crippen LogP) is 2.96. The quantitative estimate of drug-likeness (QED) is 0.859. The molecule has 1 atom stereocenters. The molecule has 6 heteroatoms. The van der Waals surface area contributed by atoms with Crippen LogP contribution in [0.15, 0.2) is 34.9 Å². The summed E-state index contributed by atoms with van der Waals surface area (Å²) in [6.07, 6.45) is 2.89. The predicted molar refractivity (Wildman–Crippen MR) is 95.1 cm³/mol. The van der Waals surface area contributed by atoms with Crippen molar-refractivity contribution in [2.24, 2.45) is 5.41 Å². The summed E-state index contributed by atoms with van der Waals surface area (Å²) in [5.74, 6) is 1.41. The Morgan fingerprint density at radius 2 is 1.96 bits per heavy atom. The highest BCUT2D eigenvalue weighted by Crippen LogP contribution is 2.41. The van der Waals surface area contributed by atoms with E-state index < -0.39 is 0 Å². The number of benzene rings is 1. The Morgan fingerprint density at radius 1 is 1.16 bits per heavy atom. The molecular weight excluding hydrogens is 316 g/mol. The van der Waals surface area contributed by atoms with Crippen LogP contribution >= 0.6 is 0 Å². The van der Waals surface area contributed by atoms with Gasteiger partial charge in [0.25, 0.3) is 11.8 Å². The van der Waals surface area contributed by atoms with E-state index in [0.717, 1.165) is 37.9 Å². The second kappa shape index (κ2) is 6.17. The van der Waals surface area contributed by atoms with Gasteiger partial charge in [-0.15, -0.1) is 0 Å². The van der Waals surface area contributed by atoms with Crippen molar-refractivity contribution < 1.29 is 9.32 Å². The second-order valence-corrected chi connectivity index (χ2v) is 7.41. The van der Waals surface area contributed by atoms with Crippen molar-refractivity contribution in [1.82, 2.24) is 15.0 Å². The Balaban J connectivity index is 1.53. The van der Waals surface area contributed by atoms with E-state index in [1.165, 1.54) is 0 Å². The maximum atomic E-state index is 13.0. The fourth-order valence-corrected chi connectivity index (χ4v) is 4.06. The van der Waals surface area contributed by atoms with E-state index in [-0.39, 0.29) is 11.5 Å². The molecule has 1 spiro atoms. The summed E-state index contributed by atoms with van der Waals surface area (Å²) in [5.41, 5.74) is 0.630. The molecule has 0 unspecified atom stereocenters. The number of hydrogen-bond donors (Lipinski definition) is 0. The molecule has 1 aromatic carbocycles. The van der Waals surface area contributed by atoms with Crippen molar-refractivity contribution in [2.45, 2.75) is 39.2 Å². The number of rotatable bonds is 3. The lowest BCUT2D eigenvalue weighted by atomic mass is 9.78. The highest BCUT2D eigenvalue weighted by atomic mass is 16.5. The van der Waals surface area contributed by atoms with E-state index in [1.807, 2.05) is 35.2 Å². The Kier molecular flexibility index (Phi) is 3.98. The maximum Gasteiger partial charge on any atom is 0.266 e. The molecule has 2 aliphatic rings. The van der Waals surface area contributed by atoms with E-state index in [2.05, 4.69) is 28.9 Å².